The lowest BCUT2D eigenvalue weighted by Crippen LogP contribution is -2.34. The van der Waals surface area contributed by atoms with Crippen LogP contribution >= 0.6 is 11.6 Å². The van der Waals surface area contributed by atoms with E-state index in [1.54, 1.807) is 0 Å². The van der Waals surface area contributed by atoms with Gasteiger partial charge in [-0.3, -0.25) is 4.79 Å². The maximum Gasteiger partial charge on any atom is 0.162 e. The molecule has 1 fully saturated rings. The fraction of sp³-hybridized carbons (Fsp3) is 0.385. The maximum atomic E-state index is 12.0. The molecule has 2 N–H and O–H groups in total. The van der Waals surface area contributed by atoms with Crippen molar-refractivity contribution in [3.8, 4) is 0 Å². The largest absolute Gasteiger partial charge is 0.320 e. The number of ketones is 1. The van der Waals surface area contributed by atoms with Gasteiger partial charge in [-0.05, 0) is 30.5 Å². The highest BCUT2D eigenvalue weighted by atomic mass is 35.5. The molecule has 2 rings (SSSR count). The Bertz CT molecular complexity index is 379. The molecule has 3 heteroatoms. The van der Waals surface area contributed by atoms with Gasteiger partial charge in [0.15, 0.2) is 5.78 Å². The lowest BCUT2D eigenvalue weighted by atomic mass is 9.75. The first-order valence-corrected chi connectivity index (χ1v) is 5.92. The number of nitrogens with two attached hydrogens (primary N) is 1. The summed E-state index contributed by atoms with van der Waals surface area (Å²) in [5, 5.41) is 0.695. The third kappa shape index (κ3) is 1.87. The van der Waals surface area contributed by atoms with Gasteiger partial charge in [-0.25, -0.2) is 0 Å². The van der Waals surface area contributed by atoms with E-state index >= 15 is 0 Å². The first-order valence-electron chi connectivity index (χ1n) is 5.54. The first-order chi connectivity index (χ1) is 7.69. The molecule has 0 saturated heterocycles. The van der Waals surface area contributed by atoms with E-state index in [9.17, 15) is 4.79 Å². The molecule has 0 atom stereocenters. The molecule has 1 saturated carbocycles. The van der Waals surface area contributed by atoms with Crippen molar-refractivity contribution in [1.29, 1.82) is 0 Å². The zero-order valence-corrected chi connectivity index (χ0v) is 9.83. The van der Waals surface area contributed by atoms with E-state index in [-0.39, 0.29) is 11.2 Å². The molecule has 2 nitrogen and oxygen atoms in total. The minimum absolute atomic E-state index is 0.0346. The minimum atomic E-state index is -0.390. The summed E-state index contributed by atoms with van der Waals surface area (Å²) in [5.41, 5.74) is 6.06. The van der Waals surface area contributed by atoms with Crippen LogP contribution in [0.25, 0.3) is 0 Å². The van der Waals surface area contributed by atoms with E-state index in [2.05, 4.69) is 0 Å². The van der Waals surface area contributed by atoms with Crippen LogP contribution in [0.4, 0.5) is 0 Å². The van der Waals surface area contributed by atoms with Gasteiger partial charge >= 0.3 is 0 Å². The van der Waals surface area contributed by atoms with Crippen LogP contribution in [0.15, 0.2) is 24.3 Å². The molecule has 0 aromatic heterocycles. The van der Waals surface area contributed by atoms with Crippen molar-refractivity contribution in [2.24, 2.45) is 5.73 Å². The fourth-order valence-electron chi connectivity index (χ4n) is 2.58. The third-order valence-electron chi connectivity index (χ3n) is 3.48. The van der Waals surface area contributed by atoms with Gasteiger partial charge < -0.3 is 5.73 Å². The van der Waals surface area contributed by atoms with Gasteiger partial charge in [-0.1, -0.05) is 36.6 Å². The number of halogens is 1. The molecule has 0 aliphatic heterocycles. The Balaban J connectivity index is 2.39. The van der Waals surface area contributed by atoms with Crippen molar-refractivity contribution in [1.82, 2.24) is 0 Å². The molecular weight excluding hydrogens is 222 g/mol. The van der Waals surface area contributed by atoms with Crippen LogP contribution in [0.2, 0.25) is 5.02 Å². The average molecular weight is 237 g/mol. The second-order valence-electron chi connectivity index (χ2n) is 4.33. The van der Waals surface area contributed by atoms with E-state index in [0.717, 1.165) is 31.2 Å². The fourth-order valence-corrected chi connectivity index (χ4v) is 2.71. The van der Waals surface area contributed by atoms with Crippen molar-refractivity contribution in [2.45, 2.75) is 31.1 Å². The second-order valence-corrected chi connectivity index (χ2v) is 4.76. The predicted octanol–water partition coefficient (Wildman–Crippen LogP) is 2.84. The lowest BCUT2D eigenvalue weighted by Gasteiger charge is -2.27. The third-order valence-corrected chi connectivity index (χ3v) is 3.73. The van der Waals surface area contributed by atoms with Crippen LogP contribution in [-0.4, -0.2) is 5.78 Å². The molecule has 0 bridgehead atoms. The van der Waals surface area contributed by atoms with Crippen molar-refractivity contribution in [2.75, 3.05) is 0 Å². The van der Waals surface area contributed by atoms with Crippen LogP contribution in [0.5, 0.6) is 0 Å². The molecule has 1 aromatic carbocycles. The molecule has 0 heterocycles. The molecule has 0 unspecified atom stereocenters. The molecule has 0 spiro atoms. The summed E-state index contributed by atoms with van der Waals surface area (Å²) in [6.07, 6.45) is 3.95. The van der Waals surface area contributed by atoms with Gasteiger partial charge in [0.25, 0.3) is 0 Å². The van der Waals surface area contributed by atoms with Crippen LogP contribution in [0.1, 0.15) is 31.2 Å². The summed E-state index contributed by atoms with van der Waals surface area (Å²) in [7, 11) is 0. The Morgan fingerprint density at radius 2 is 1.81 bits per heavy atom. The molecule has 85 valence electrons. The van der Waals surface area contributed by atoms with E-state index in [1.807, 2.05) is 24.3 Å². The molecule has 16 heavy (non-hydrogen) atoms. The number of carbonyl (C=O) groups is 1. The van der Waals surface area contributed by atoms with Gasteiger partial charge in [0.1, 0.15) is 0 Å². The Hall–Kier alpha value is -0.860. The SMILES string of the molecule is N[CH]C(=O)C1(c2ccc(Cl)cc2)CCCC1. The average Bonchev–Trinajstić information content (AvgIpc) is 2.79. The van der Waals surface area contributed by atoms with E-state index in [0.29, 0.717) is 5.02 Å². The van der Waals surface area contributed by atoms with Crippen LogP contribution in [0, 0.1) is 6.54 Å². The van der Waals surface area contributed by atoms with E-state index < -0.39 is 0 Å². The van der Waals surface area contributed by atoms with Gasteiger partial charge in [-0.2, -0.15) is 0 Å². The minimum Gasteiger partial charge on any atom is -0.320 e. The Kier molecular flexibility index (Phi) is 3.31. The predicted molar refractivity (Wildman–Crippen MR) is 65.1 cm³/mol. The summed E-state index contributed by atoms with van der Waals surface area (Å²) in [4.78, 5) is 12.0. The van der Waals surface area contributed by atoms with Gasteiger partial charge in [0.2, 0.25) is 0 Å². The highest BCUT2D eigenvalue weighted by Gasteiger charge is 2.41. The Morgan fingerprint density at radius 3 is 2.31 bits per heavy atom. The molecule has 1 aromatic rings. The molecule has 1 aliphatic carbocycles. The van der Waals surface area contributed by atoms with E-state index in [4.69, 9.17) is 17.3 Å². The topological polar surface area (TPSA) is 43.1 Å². The summed E-state index contributed by atoms with van der Waals surface area (Å²) >= 11 is 5.86. The number of hydrogen-bond acceptors (Lipinski definition) is 2. The zero-order valence-electron chi connectivity index (χ0n) is 9.08. The van der Waals surface area contributed by atoms with Crippen molar-refractivity contribution >= 4 is 17.4 Å². The normalized spacial score (nSPS) is 18.6. The number of Topliss-reactive ketones (excluding diaryl/α,β-unsaturated/α-hetero) is 1. The van der Waals surface area contributed by atoms with Gasteiger partial charge in [0, 0.05) is 5.02 Å². The molecule has 1 aliphatic rings. The summed E-state index contributed by atoms with van der Waals surface area (Å²) in [6, 6.07) is 7.55. The first kappa shape index (κ1) is 11.6. The van der Waals surface area contributed by atoms with Crippen molar-refractivity contribution in [3.05, 3.63) is 41.4 Å². The summed E-state index contributed by atoms with van der Waals surface area (Å²) in [6.45, 7) is 1.21. The molecule has 0 amide bonds. The smallest absolute Gasteiger partial charge is 0.162 e. The molecular formula is C13H15ClNO. The van der Waals surface area contributed by atoms with Crippen LogP contribution < -0.4 is 5.73 Å². The quantitative estimate of drug-likeness (QED) is 0.877. The summed E-state index contributed by atoms with van der Waals surface area (Å²) in [5.74, 6) is 0.0346. The van der Waals surface area contributed by atoms with Crippen molar-refractivity contribution < 1.29 is 4.79 Å². The number of benzene rings is 1. The number of hydrogen-bond donors (Lipinski definition) is 1. The zero-order chi connectivity index (χ0) is 11.6. The highest BCUT2D eigenvalue weighted by molar-refractivity contribution is 6.30. The van der Waals surface area contributed by atoms with Gasteiger partial charge in [0.05, 0.1) is 12.0 Å². The Morgan fingerprint density at radius 1 is 1.25 bits per heavy atom. The number of carbonyl (C=O) groups excluding carboxylic acids is 1. The van der Waals surface area contributed by atoms with E-state index in [1.165, 1.54) is 6.54 Å². The maximum absolute atomic E-state index is 12.0. The summed E-state index contributed by atoms with van der Waals surface area (Å²) < 4.78 is 0. The Labute approximate surface area is 101 Å². The van der Waals surface area contributed by atoms with Crippen LogP contribution in [-0.2, 0) is 10.2 Å². The van der Waals surface area contributed by atoms with Crippen LogP contribution in [0.3, 0.4) is 0 Å². The number of rotatable bonds is 3. The van der Waals surface area contributed by atoms with Crippen molar-refractivity contribution in [3.63, 3.8) is 0 Å². The monoisotopic (exact) mass is 236 g/mol. The highest BCUT2D eigenvalue weighted by Crippen LogP contribution is 2.42. The van der Waals surface area contributed by atoms with Gasteiger partial charge in [-0.15, -0.1) is 0 Å². The molecule has 1 radical (unpaired) electrons. The standard InChI is InChI=1S/C13H15ClNO/c14-11-5-3-10(4-6-11)13(12(16)9-15)7-1-2-8-13/h3-6,9H,1-2,7-8,15H2. The second kappa shape index (κ2) is 4.56. The lowest BCUT2D eigenvalue weighted by molar-refractivity contribution is -0.121.